The van der Waals surface area contributed by atoms with Gasteiger partial charge in [-0.1, -0.05) is 45.2 Å². The maximum atomic E-state index is 6.32. The molecular weight excluding hydrogens is 443 g/mol. The van der Waals surface area contributed by atoms with E-state index in [4.69, 9.17) is 32.7 Å². The van der Waals surface area contributed by atoms with Gasteiger partial charge in [-0.2, -0.15) is 0 Å². The number of hydrogen-bond acceptors (Lipinski definition) is 2. The van der Waals surface area contributed by atoms with E-state index in [1.165, 1.54) is 0 Å². The summed E-state index contributed by atoms with van der Waals surface area (Å²) >= 11 is 19.6. The van der Waals surface area contributed by atoms with Gasteiger partial charge in [0.1, 0.15) is 11.5 Å². The van der Waals surface area contributed by atoms with Gasteiger partial charge in [-0.3, -0.25) is 0 Å². The molecule has 0 spiro atoms. The Balaban J connectivity index is 2.42. The molecule has 0 aromatic heterocycles. The highest BCUT2D eigenvalue weighted by Gasteiger charge is 2.18. The summed E-state index contributed by atoms with van der Waals surface area (Å²) in [7, 11) is 3.19. The summed E-state index contributed by atoms with van der Waals surface area (Å²) in [4.78, 5) is -0.0874. The first-order valence-electron chi connectivity index (χ1n) is 5.98. The minimum atomic E-state index is -0.0874. The lowest BCUT2D eigenvalue weighted by atomic mass is 10.0. The van der Waals surface area contributed by atoms with Crippen LogP contribution in [0, 0.1) is 0 Å². The van der Waals surface area contributed by atoms with E-state index in [2.05, 4.69) is 31.9 Å². The normalized spacial score (nSPS) is 12.1. The Morgan fingerprint density at radius 3 is 2.19 bits per heavy atom. The van der Waals surface area contributed by atoms with Crippen LogP contribution in [0.25, 0.3) is 0 Å². The predicted octanol–water partition coefficient (Wildman–Crippen LogP) is 6.26. The molecule has 0 aliphatic heterocycles. The fourth-order valence-electron chi connectivity index (χ4n) is 1.91. The predicted molar refractivity (Wildman–Crippen MR) is 94.5 cm³/mol. The lowest BCUT2D eigenvalue weighted by Crippen LogP contribution is -1.96. The average molecular weight is 455 g/mol. The van der Waals surface area contributed by atoms with Gasteiger partial charge in [-0.05, 0) is 45.3 Å². The first-order valence-corrected chi connectivity index (χ1v) is 8.44. The molecule has 21 heavy (non-hydrogen) atoms. The summed E-state index contributed by atoms with van der Waals surface area (Å²) in [6.07, 6.45) is 0. The van der Waals surface area contributed by atoms with Crippen LogP contribution in [0.2, 0.25) is 10.0 Å². The van der Waals surface area contributed by atoms with E-state index in [0.29, 0.717) is 15.8 Å². The van der Waals surface area contributed by atoms with Crippen LogP contribution in [0.5, 0.6) is 11.5 Å². The van der Waals surface area contributed by atoms with E-state index in [1.807, 2.05) is 18.2 Å². The molecule has 0 saturated carbocycles. The summed E-state index contributed by atoms with van der Waals surface area (Å²) in [5, 5.41) is 1.11. The summed E-state index contributed by atoms with van der Waals surface area (Å²) < 4.78 is 11.3. The van der Waals surface area contributed by atoms with Crippen LogP contribution in [-0.2, 0) is 0 Å². The number of hydrogen-bond donors (Lipinski definition) is 0. The van der Waals surface area contributed by atoms with Gasteiger partial charge >= 0.3 is 0 Å². The Kier molecular flexibility index (Phi) is 5.83. The highest BCUT2D eigenvalue weighted by molar-refractivity contribution is 9.10. The van der Waals surface area contributed by atoms with Crippen molar-refractivity contribution in [3.8, 4) is 11.5 Å². The first kappa shape index (κ1) is 16.9. The molecule has 0 fully saturated rings. The quantitative estimate of drug-likeness (QED) is 0.508. The fourth-order valence-corrected chi connectivity index (χ4v) is 3.78. The van der Waals surface area contributed by atoms with Gasteiger partial charge in [0.05, 0.1) is 28.5 Å². The van der Waals surface area contributed by atoms with Gasteiger partial charge < -0.3 is 9.47 Å². The molecule has 0 heterocycles. The molecule has 2 aromatic rings. The van der Waals surface area contributed by atoms with Gasteiger partial charge in [0.15, 0.2) is 0 Å². The maximum Gasteiger partial charge on any atom is 0.138 e. The van der Waals surface area contributed by atoms with Crippen LogP contribution in [-0.4, -0.2) is 14.2 Å². The van der Waals surface area contributed by atoms with E-state index in [-0.39, 0.29) is 4.83 Å². The largest absolute Gasteiger partial charge is 0.496 e. The third kappa shape index (κ3) is 3.67. The summed E-state index contributed by atoms with van der Waals surface area (Å²) in [6, 6.07) is 9.36. The van der Waals surface area contributed by atoms with Crippen LogP contribution in [0.15, 0.2) is 34.8 Å². The third-order valence-corrected chi connectivity index (χ3v) is 5.28. The monoisotopic (exact) mass is 452 g/mol. The summed E-state index contributed by atoms with van der Waals surface area (Å²) in [5.74, 6) is 1.33. The third-order valence-electron chi connectivity index (χ3n) is 3.01. The topological polar surface area (TPSA) is 18.5 Å². The van der Waals surface area contributed by atoms with E-state index >= 15 is 0 Å². The van der Waals surface area contributed by atoms with Crippen LogP contribution in [0.1, 0.15) is 16.0 Å². The molecule has 0 amide bonds. The van der Waals surface area contributed by atoms with Gasteiger partial charge in [-0.25, -0.2) is 0 Å². The molecule has 2 nitrogen and oxygen atoms in total. The molecule has 1 unspecified atom stereocenters. The Hall–Kier alpha value is -0.420. The zero-order valence-corrected chi connectivity index (χ0v) is 16.0. The van der Waals surface area contributed by atoms with Crippen molar-refractivity contribution in [3.63, 3.8) is 0 Å². The molecule has 112 valence electrons. The summed E-state index contributed by atoms with van der Waals surface area (Å²) in [6.45, 7) is 0. The number of alkyl halides is 1. The molecule has 2 aromatic carbocycles. The SMILES string of the molecule is COc1cc(Cl)c(C(Br)c2ccc(OC)c(Br)c2)cc1Cl. The molecule has 6 heteroatoms. The number of rotatable bonds is 4. The maximum absolute atomic E-state index is 6.32. The Morgan fingerprint density at radius 1 is 0.952 bits per heavy atom. The van der Waals surface area contributed by atoms with Gasteiger partial charge in [0.25, 0.3) is 0 Å². The number of halogens is 4. The van der Waals surface area contributed by atoms with Crippen LogP contribution in [0.3, 0.4) is 0 Å². The molecule has 0 bridgehead atoms. The molecule has 0 N–H and O–H groups in total. The van der Waals surface area contributed by atoms with Crippen molar-refractivity contribution in [2.24, 2.45) is 0 Å². The molecular formula is C15H12Br2Cl2O2. The minimum absolute atomic E-state index is 0.0874. The Bertz CT molecular complexity index is 662. The second-order valence-corrected chi connectivity index (χ2v) is 6.85. The van der Waals surface area contributed by atoms with Gasteiger partial charge in [-0.15, -0.1) is 0 Å². The Labute approximate surface area is 150 Å². The number of ether oxygens (including phenoxy) is 2. The van der Waals surface area contributed by atoms with E-state index in [1.54, 1.807) is 26.4 Å². The van der Waals surface area contributed by atoms with E-state index in [0.717, 1.165) is 21.3 Å². The second kappa shape index (κ2) is 7.23. The van der Waals surface area contributed by atoms with Gasteiger partial charge in [0, 0.05) is 11.1 Å². The van der Waals surface area contributed by atoms with E-state index < -0.39 is 0 Å². The summed E-state index contributed by atoms with van der Waals surface area (Å²) in [5.41, 5.74) is 1.91. The standard InChI is InChI=1S/C15H12Br2Cl2O2/c1-20-13-4-3-8(5-10(13)16)15(17)9-6-12(19)14(21-2)7-11(9)18/h3-7,15H,1-2H3. The lowest BCUT2D eigenvalue weighted by molar-refractivity contribution is 0.412. The molecule has 0 radical (unpaired) electrons. The number of methoxy groups -OCH3 is 2. The van der Waals surface area contributed by atoms with Crippen LogP contribution < -0.4 is 9.47 Å². The van der Waals surface area contributed by atoms with Crippen molar-refractivity contribution in [2.45, 2.75) is 4.83 Å². The highest BCUT2D eigenvalue weighted by Crippen LogP contribution is 2.41. The minimum Gasteiger partial charge on any atom is -0.496 e. The van der Waals surface area contributed by atoms with Crippen LogP contribution in [0.4, 0.5) is 0 Å². The highest BCUT2D eigenvalue weighted by atomic mass is 79.9. The molecule has 0 aliphatic carbocycles. The number of benzene rings is 2. The fraction of sp³-hybridized carbons (Fsp3) is 0.200. The van der Waals surface area contributed by atoms with Crippen molar-refractivity contribution in [1.82, 2.24) is 0 Å². The van der Waals surface area contributed by atoms with Gasteiger partial charge in [0.2, 0.25) is 0 Å². The van der Waals surface area contributed by atoms with Crippen LogP contribution >= 0.6 is 55.1 Å². The van der Waals surface area contributed by atoms with Crippen molar-refractivity contribution in [3.05, 3.63) is 56.0 Å². The van der Waals surface area contributed by atoms with Crippen molar-refractivity contribution in [2.75, 3.05) is 14.2 Å². The molecule has 2 rings (SSSR count). The lowest BCUT2D eigenvalue weighted by Gasteiger charge is -2.16. The zero-order valence-electron chi connectivity index (χ0n) is 11.3. The van der Waals surface area contributed by atoms with Crippen molar-refractivity contribution in [1.29, 1.82) is 0 Å². The van der Waals surface area contributed by atoms with Crippen molar-refractivity contribution >= 4 is 55.1 Å². The Morgan fingerprint density at radius 2 is 1.62 bits per heavy atom. The zero-order chi connectivity index (χ0) is 15.6. The molecule has 0 saturated heterocycles. The smallest absolute Gasteiger partial charge is 0.138 e. The van der Waals surface area contributed by atoms with Crippen molar-refractivity contribution < 1.29 is 9.47 Å². The average Bonchev–Trinajstić information content (AvgIpc) is 2.48. The molecule has 1 atom stereocenters. The van der Waals surface area contributed by atoms with E-state index in [9.17, 15) is 0 Å². The second-order valence-electron chi connectivity index (χ2n) is 4.26. The molecule has 0 aliphatic rings. The first-order chi connectivity index (χ1) is 9.97.